The third-order valence-electron chi connectivity index (χ3n) is 5.81. The second-order valence-corrected chi connectivity index (χ2v) is 7.84. The molecule has 0 aliphatic rings. The summed E-state index contributed by atoms with van der Waals surface area (Å²) in [5, 5.41) is 5.04. The van der Waals surface area contributed by atoms with E-state index in [0.717, 1.165) is 51.6 Å². The molecule has 0 bridgehead atoms. The molecule has 0 saturated heterocycles. The zero-order chi connectivity index (χ0) is 24.1. The van der Waals surface area contributed by atoms with E-state index in [0.29, 0.717) is 12.1 Å². The van der Waals surface area contributed by atoms with Crippen LogP contribution in [0.5, 0.6) is 11.5 Å². The van der Waals surface area contributed by atoms with E-state index in [4.69, 9.17) is 19.3 Å². The molecule has 1 heterocycles. The van der Waals surface area contributed by atoms with Crippen LogP contribution in [0.1, 0.15) is 28.4 Å². The van der Waals surface area contributed by atoms with E-state index in [9.17, 15) is 4.79 Å². The molecule has 0 fully saturated rings. The Hall–Kier alpha value is -4.06. The van der Waals surface area contributed by atoms with Crippen LogP contribution < -0.4 is 9.47 Å². The average Bonchev–Trinajstić information content (AvgIpc) is 3.26. The third kappa shape index (κ3) is 4.66. The lowest BCUT2D eigenvalue weighted by Crippen LogP contribution is -2.07. The number of rotatable bonds is 8. The highest BCUT2D eigenvalue weighted by Crippen LogP contribution is 2.34. The second kappa shape index (κ2) is 10.3. The number of nitrogens with zero attached hydrogens (tertiary/aromatic N) is 2. The highest BCUT2D eigenvalue weighted by Gasteiger charge is 2.20. The van der Waals surface area contributed by atoms with E-state index < -0.39 is 0 Å². The van der Waals surface area contributed by atoms with Gasteiger partial charge in [-0.3, -0.25) is 4.68 Å². The summed E-state index contributed by atoms with van der Waals surface area (Å²) in [6, 6.07) is 23.4. The molecular weight excluding hydrogens is 428 g/mol. The number of methoxy groups -OCH3 is 3. The molecule has 0 amide bonds. The van der Waals surface area contributed by atoms with Crippen molar-refractivity contribution in [2.75, 3.05) is 21.3 Å². The molecule has 34 heavy (non-hydrogen) atoms. The Kier molecular flexibility index (Phi) is 6.97. The molecule has 0 atom stereocenters. The lowest BCUT2D eigenvalue weighted by molar-refractivity contribution is 0.0600. The fourth-order valence-electron chi connectivity index (χ4n) is 4.09. The van der Waals surface area contributed by atoms with Crippen molar-refractivity contribution in [2.45, 2.75) is 19.9 Å². The molecule has 3 aromatic carbocycles. The van der Waals surface area contributed by atoms with Crippen LogP contribution in [0, 0.1) is 0 Å². The van der Waals surface area contributed by atoms with E-state index in [-0.39, 0.29) is 5.97 Å². The van der Waals surface area contributed by atoms with Gasteiger partial charge in [-0.25, -0.2) is 4.79 Å². The topological polar surface area (TPSA) is 62.6 Å². The van der Waals surface area contributed by atoms with Gasteiger partial charge in [0.15, 0.2) is 0 Å². The lowest BCUT2D eigenvalue weighted by atomic mass is 9.99. The van der Waals surface area contributed by atoms with Crippen LogP contribution in [0.25, 0.3) is 22.5 Å². The minimum atomic E-state index is -0.356. The number of carbonyl (C=O) groups excluding carboxylic acids is 1. The van der Waals surface area contributed by atoms with E-state index in [1.807, 2.05) is 71.4 Å². The van der Waals surface area contributed by atoms with Crippen molar-refractivity contribution in [3.8, 4) is 34.0 Å². The van der Waals surface area contributed by atoms with Gasteiger partial charge in [-0.05, 0) is 72.6 Å². The molecule has 4 rings (SSSR count). The van der Waals surface area contributed by atoms with Crippen LogP contribution in [-0.4, -0.2) is 37.1 Å². The molecule has 6 heteroatoms. The third-order valence-corrected chi connectivity index (χ3v) is 5.81. The summed E-state index contributed by atoms with van der Waals surface area (Å²) in [6.07, 6.45) is 0.810. The maximum atomic E-state index is 12.0. The van der Waals surface area contributed by atoms with Gasteiger partial charge in [-0.15, -0.1) is 0 Å². The van der Waals surface area contributed by atoms with Crippen LogP contribution in [-0.2, 0) is 17.7 Å². The molecule has 174 valence electrons. The highest BCUT2D eigenvalue weighted by atomic mass is 16.5. The van der Waals surface area contributed by atoms with Gasteiger partial charge in [-0.1, -0.05) is 19.1 Å². The van der Waals surface area contributed by atoms with Crippen LogP contribution >= 0.6 is 0 Å². The first-order valence-electron chi connectivity index (χ1n) is 11.1. The van der Waals surface area contributed by atoms with Crippen LogP contribution in [0.15, 0.2) is 72.8 Å². The van der Waals surface area contributed by atoms with Gasteiger partial charge in [0.25, 0.3) is 0 Å². The van der Waals surface area contributed by atoms with Crippen molar-refractivity contribution in [3.63, 3.8) is 0 Å². The molecule has 0 unspecified atom stereocenters. The summed E-state index contributed by atoms with van der Waals surface area (Å²) in [4.78, 5) is 12.0. The molecule has 0 N–H and O–H groups in total. The first-order valence-corrected chi connectivity index (χ1v) is 11.1. The average molecular weight is 457 g/mol. The Balaban J connectivity index is 1.84. The Morgan fingerprint density at radius 1 is 0.853 bits per heavy atom. The largest absolute Gasteiger partial charge is 0.497 e. The number of esters is 1. The summed E-state index contributed by atoms with van der Waals surface area (Å²) in [7, 11) is 4.71. The van der Waals surface area contributed by atoms with Crippen molar-refractivity contribution in [1.29, 1.82) is 0 Å². The molecule has 6 nitrogen and oxygen atoms in total. The molecule has 0 spiro atoms. The summed E-state index contributed by atoms with van der Waals surface area (Å²) in [6.45, 7) is 2.65. The summed E-state index contributed by atoms with van der Waals surface area (Å²) >= 11 is 0. The van der Waals surface area contributed by atoms with Gasteiger partial charge >= 0.3 is 5.97 Å². The fourth-order valence-corrected chi connectivity index (χ4v) is 4.09. The summed E-state index contributed by atoms with van der Waals surface area (Å²) in [5.74, 6) is 1.25. The predicted molar refractivity (Wildman–Crippen MR) is 132 cm³/mol. The molecular formula is C28H28N2O4. The monoisotopic (exact) mass is 456 g/mol. The van der Waals surface area contributed by atoms with Crippen molar-refractivity contribution in [1.82, 2.24) is 9.78 Å². The van der Waals surface area contributed by atoms with E-state index in [2.05, 4.69) is 6.92 Å². The van der Waals surface area contributed by atoms with Crippen molar-refractivity contribution < 1.29 is 19.0 Å². The fraction of sp³-hybridized carbons (Fsp3) is 0.214. The SMILES string of the molecule is CCc1c(-c2ccc(OC)cc2)nn(Cc2cccc(C(=O)OC)c2)c1-c1ccc(OC)cc1. The number of benzene rings is 3. The van der Waals surface area contributed by atoms with Crippen LogP contribution in [0.3, 0.4) is 0 Å². The number of aromatic nitrogens is 2. The van der Waals surface area contributed by atoms with Gasteiger partial charge < -0.3 is 14.2 Å². The maximum absolute atomic E-state index is 12.0. The Morgan fingerprint density at radius 3 is 2.03 bits per heavy atom. The zero-order valence-corrected chi connectivity index (χ0v) is 19.9. The summed E-state index contributed by atoms with van der Waals surface area (Å²) in [5.41, 5.74) is 6.68. The molecule has 0 saturated carbocycles. The van der Waals surface area contributed by atoms with E-state index in [1.165, 1.54) is 7.11 Å². The van der Waals surface area contributed by atoms with Crippen molar-refractivity contribution in [3.05, 3.63) is 89.5 Å². The Labute approximate surface area is 199 Å². The van der Waals surface area contributed by atoms with E-state index >= 15 is 0 Å². The van der Waals surface area contributed by atoms with Gasteiger partial charge in [-0.2, -0.15) is 5.10 Å². The molecule has 1 aromatic heterocycles. The molecule has 0 radical (unpaired) electrons. The van der Waals surface area contributed by atoms with Gasteiger partial charge in [0.05, 0.1) is 44.8 Å². The first kappa shape index (κ1) is 23.1. The van der Waals surface area contributed by atoms with Crippen molar-refractivity contribution >= 4 is 5.97 Å². The predicted octanol–water partition coefficient (Wildman–Crippen LogP) is 5.63. The number of carbonyl (C=O) groups is 1. The van der Waals surface area contributed by atoms with Gasteiger partial charge in [0, 0.05) is 16.7 Å². The van der Waals surface area contributed by atoms with E-state index in [1.54, 1.807) is 20.3 Å². The van der Waals surface area contributed by atoms with Gasteiger partial charge in [0.1, 0.15) is 11.5 Å². The minimum absolute atomic E-state index is 0.356. The quantitative estimate of drug-likeness (QED) is 0.322. The highest BCUT2D eigenvalue weighted by molar-refractivity contribution is 5.89. The lowest BCUT2D eigenvalue weighted by Gasteiger charge is -2.11. The van der Waals surface area contributed by atoms with Crippen LogP contribution in [0.4, 0.5) is 0 Å². The molecule has 0 aliphatic heterocycles. The number of hydrogen-bond acceptors (Lipinski definition) is 5. The standard InChI is InChI=1S/C28H28N2O4/c1-5-25-26(20-9-13-23(32-2)14-10-20)29-30(27(25)21-11-15-24(33-3)16-12-21)18-19-7-6-8-22(17-19)28(31)34-4/h6-17H,5,18H2,1-4H3. The Morgan fingerprint density at radius 2 is 1.47 bits per heavy atom. The number of hydrogen-bond donors (Lipinski definition) is 0. The normalized spacial score (nSPS) is 10.7. The second-order valence-electron chi connectivity index (χ2n) is 7.84. The maximum Gasteiger partial charge on any atom is 0.337 e. The Bertz CT molecular complexity index is 1280. The first-order chi connectivity index (χ1) is 16.6. The summed E-state index contributed by atoms with van der Waals surface area (Å²) < 4.78 is 17.6. The number of ether oxygens (including phenoxy) is 3. The molecule has 0 aliphatic carbocycles. The zero-order valence-electron chi connectivity index (χ0n) is 19.9. The molecule has 4 aromatic rings. The van der Waals surface area contributed by atoms with Crippen molar-refractivity contribution in [2.24, 2.45) is 0 Å². The smallest absolute Gasteiger partial charge is 0.337 e. The minimum Gasteiger partial charge on any atom is -0.497 e. The van der Waals surface area contributed by atoms with Crippen LogP contribution in [0.2, 0.25) is 0 Å². The van der Waals surface area contributed by atoms with Gasteiger partial charge in [0.2, 0.25) is 0 Å².